The summed E-state index contributed by atoms with van der Waals surface area (Å²) < 4.78 is 0. The number of amides is 1. The van der Waals surface area contributed by atoms with Gasteiger partial charge in [-0.1, -0.05) is 0 Å². The number of isothiocyanates is 1. The number of carbonyl (C=O) groups is 1. The number of aliphatic imine (C=N–C) groups is 1. The van der Waals surface area contributed by atoms with Crippen molar-refractivity contribution in [1.29, 1.82) is 0 Å². The maximum Gasteiger partial charge on any atom is 0.219 e. The van der Waals surface area contributed by atoms with E-state index in [1.54, 1.807) is 6.92 Å². The van der Waals surface area contributed by atoms with Crippen molar-refractivity contribution in [3.63, 3.8) is 0 Å². The topological polar surface area (TPSA) is 55.5 Å². The van der Waals surface area contributed by atoms with Crippen molar-refractivity contribution in [2.45, 2.75) is 19.4 Å². The van der Waals surface area contributed by atoms with Gasteiger partial charge in [-0.25, -0.2) is 4.99 Å². The monoisotopic (exact) mass is 144 g/mol. The summed E-state index contributed by atoms with van der Waals surface area (Å²) in [7, 11) is 0. The van der Waals surface area contributed by atoms with Gasteiger partial charge in [-0.3, -0.25) is 4.79 Å². The van der Waals surface area contributed by atoms with E-state index in [2.05, 4.69) is 22.4 Å². The molecular formula is C5H8N2OS. The Morgan fingerprint density at radius 1 is 2.00 bits per heavy atom. The van der Waals surface area contributed by atoms with Crippen LogP contribution in [0.5, 0.6) is 0 Å². The third-order valence-corrected chi connectivity index (χ3v) is 0.875. The Kier molecular flexibility index (Phi) is 3.84. The summed E-state index contributed by atoms with van der Waals surface area (Å²) >= 11 is 4.31. The molecule has 0 bridgehead atoms. The smallest absolute Gasteiger partial charge is 0.219 e. The van der Waals surface area contributed by atoms with Crippen molar-refractivity contribution >= 4 is 23.3 Å². The second-order valence-corrected chi connectivity index (χ2v) is 1.92. The number of nitrogens with zero attached hydrogens (tertiary/aromatic N) is 1. The minimum absolute atomic E-state index is 0.125. The average Bonchev–Trinajstić information content (AvgIpc) is 1.63. The number of nitrogens with two attached hydrogens (primary N) is 1. The van der Waals surface area contributed by atoms with Gasteiger partial charge in [0.25, 0.3) is 0 Å². The molecule has 0 aromatic heterocycles. The van der Waals surface area contributed by atoms with E-state index < -0.39 is 0 Å². The first-order valence-electron chi connectivity index (χ1n) is 2.52. The van der Waals surface area contributed by atoms with E-state index in [1.807, 2.05) is 0 Å². The Hall–Kier alpha value is -0.730. The van der Waals surface area contributed by atoms with Crippen LogP contribution in [0.2, 0.25) is 0 Å². The van der Waals surface area contributed by atoms with E-state index in [1.165, 1.54) is 0 Å². The Labute approximate surface area is 59.0 Å². The van der Waals surface area contributed by atoms with Gasteiger partial charge in [0, 0.05) is 6.42 Å². The maximum atomic E-state index is 10.2. The molecule has 3 nitrogen and oxygen atoms in total. The van der Waals surface area contributed by atoms with E-state index >= 15 is 0 Å². The van der Waals surface area contributed by atoms with Gasteiger partial charge in [-0.05, 0) is 19.1 Å². The van der Waals surface area contributed by atoms with Crippen LogP contribution < -0.4 is 5.73 Å². The second kappa shape index (κ2) is 4.18. The van der Waals surface area contributed by atoms with Crippen molar-refractivity contribution in [3.05, 3.63) is 0 Å². The number of thiocarbonyl (C=S) groups is 1. The molecule has 0 saturated carbocycles. The fraction of sp³-hybridized carbons (Fsp3) is 0.600. The normalized spacial score (nSPS) is 11.7. The van der Waals surface area contributed by atoms with Crippen LogP contribution in [0.3, 0.4) is 0 Å². The quantitative estimate of drug-likeness (QED) is 0.459. The lowest BCUT2D eigenvalue weighted by molar-refractivity contribution is -0.118. The molecule has 9 heavy (non-hydrogen) atoms. The molecule has 2 N–H and O–H groups in total. The number of carbonyl (C=O) groups excluding carboxylic acids is 1. The molecule has 4 heteroatoms. The molecule has 0 aliphatic rings. The van der Waals surface area contributed by atoms with E-state index in [-0.39, 0.29) is 18.4 Å². The summed E-state index contributed by atoms with van der Waals surface area (Å²) in [5, 5.41) is 2.17. The molecule has 0 rings (SSSR count). The third kappa shape index (κ3) is 5.14. The Morgan fingerprint density at radius 2 is 2.56 bits per heavy atom. The molecule has 0 spiro atoms. The molecule has 0 aromatic carbocycles. The van der Waals surface area contributed by atoms with Gasteiger partial charge in [-0.15, -0.1) is 0 Å². The Morgan fingerprint density at radius 3 is 2.89 bits per heavy atom. The van der Waals surface area contributed by atoms with Crippen molar-refractivity contribution in [2.24, 2.45) is 10.7 Å². The highest BCUT2D eigenvalue weighted by molar-refractivity contribution is 7.78. The predicted octanol–water partition coefficient (Wildman–Crippen LogP) is 0.353. The second-order valence-electron chi connectivity index (χ2n) is 1.74. The van der Waals surface area contributed by atoms with Crippen LogP contribution in [-0.2, 0) is 4.79 Å². The van der Waals surface area contributed by atoms with E-state index in [0.29, 0.717) is 0 Å². The van der Waals surface area contributed by atoms with Crippen LogP contribution in [0, 0.1) is 0 Å². The lowest BCUT2D eigenvalue weighted by atomic mass is 10.2. The fourth-order valence-corrected chi connectivity index (χ4v) is 0.607. The number of hydrogen-bond acceptors (Lipinski definition) is 3. The zero-order chi connectivity index (χ0) is 7.28. The first-order valence-corrected chi connectivity index (χ1v) is 2.93. The first kappa shape index (κ1) is 8.27. The number of rotatable bonds is 3. The third-order valence-electron chi connectivity index (χ3n) is 0.770. The minimum atomic E-state index is -0.364. The standard InChI is InChI=1S/C5H8N2OS/c1-4(7-3-9)2-5(6)8/h4H,2H2,1H3,(H2,6,8). The van der Waals surface area contributed by atoms with Crippen molar-refractivity contribution in [3.8, 4) is 0 Å². The van der Waals surface area contributed by atoms with Crippen molar-refractivity contribution < 1.29 is 4.79 Å². The van der Waals surface area contributed by atoms with E-state index in [9.17, 15) is 4.79 Å². The van der Waals surface area contributed by atoms with Gasteiger partial charge >= 0.3 is 0 Å². The SMILES string of the molecule is CC(CC(N)=O)N=C=S. The first-order chi connectivity index (χ1) is 4.16. The molecule has 0 radical (unpaired) electrons. The number of primary amides is 1. The van der Waals surface area contributed by atoms with Gasteiger partial charge in [-0.2, -0.15) is 0 Å². The van der Waals surface area contributed by atoms with Crippen molar-refractivity contribution in [2.75, 3.05) is 0 Å². The highest BCUT2D eigenvalue weighted by Crippen LogP contribution is 1.92. The Bertz CT molecular complexity index is 151. The molecule has 50 valence electrons. The average molecular weight is 144 g/mol. The van der Waals surface area contributed by atoms with Gasteiger partial charge in [0.1, 0.15) is 0 Å². The van der Waals surface area contributed by atoms with Gasteiger partial charge in [0.15, 0.2) is 0 Å². The fourth-order valence-electron chi connectivity index (χ4n) is 0.427. The summed E-state index contributed by atoms with van der Waals surface area (Å²) in [6.45, 7) is 1.75. The van der Waals surface area contributed by atoms with Crippen LogP contribution >= 0.6 is 12.2 Å². The molecule has 0 saturated heterocycles. The highest BCUT2D eigenvalue weighted by Gasteiger charge is 2.01. The summed E-state index contributed by atoms with van der Waals surface area (Å²) in [6.07, 6.45) is 0.240. The van der Waals surface area contributed by atoms with Crippen LogP contribution in [-0.4, -0.2) is 17.1 Å². The lowest BCUT2D eigenvalue weighted by Gasteiger charge is -1.96. The van der Waals surface area contributed by atoms with Gasteiger partial charge in [0.2, 0.25) is 5.91 Å². The van der Waals surface area contributed by atoms with Crippen LogP contribution in [0.25, 0.3) is 0 Å². The summed E-state index contributed by atoms with van der Waals surface area (Å²) in [5.74, 6) is -0.364. The van der Waals surface area contributed by atoms with E-state index in [0.717, 1.165) is 0 Å². The zero-order valence-electron chi connectivity index (χ0n) is 5.13. The van der Waals surface area contributed by atoms with Crippen LogP contribution in [0.1, 0.15) is 13.3 Å². The molecule has 1 amide bonds. The molecule has 0 aromatic rings. The van der Waals surface area contributed by atoms with Crippen LogP contribution in [0.4, 0.5) is 0 Å². The molecule has 0 aliphatic carbocycles. The molecule has 0 aliphatic heterocycles. The summed E-state index contributed by atoms with van der Waals surface area (Å²) in [4.78, 5) is 13.8. The largest absolute Gasteiger partial charge is 0.370 e. The maximum absolute atomic E-state index is 10.2. The van der Waals surface area contributed by atoms with E-state index in [4.69, 9.17) is 5.73 Å². The molecular weight excluding hydrogens is 136 g/mol. The van der Waals surface area contributed by atoms with Crippen molar-refractivity contribution in [1.82, 2.24) is 0 Å². The summed E-state index contributed by atoms with van der Waals surface area (Å²) in [5.41, 5.74) is 4.86. The Balaban J connectivity index is 3.62. The highest BCUT2D eigenvalue weighted by atomic mass is 32.1. The van der Waals surface area contributed by atoms with Crippen LogP contribution in [0.15, 0.2) is 4.99 Å². The van der Waals surface area contributed by atoms with Gasteiger partial charge < -0.3 is 5.73 Å². The predicted molar refractivity (Wildman–Crippen MR) is 38.3 cm³/mol. The molecule has 0 fully saturated rings. The molecule has 0 heterocycles. The zero-order valence-corrected chi connectivity index (χ0v) is 5.94. The molecule has 1 unspecified atom stereocenters. The number of hydrogen-bond donors (Lipinski definition) is 1. The molecule has 1 atom stereocenters. The van der Waals surface area contributed by atoms with Gasteiger partial charge in [0.05, 0.1) is 11.2 Å². The minimum Gasteiger partial charge on any atom is -0.370 e. The lowest BCUT2D eigenvalue weighted by Crippen LogP contribution is -2.16. The summed E-state index contributed by atoms with van der Waals surface area (Å²) in [6, 6.07) is -0.125.